The molecule has 1 rings (SSSR count). The van der Waals surface area contributed by atoms with Crippen molar-refractivity contribution in [3.8, 4) is 11.5 Å². The van der Waals surface area contributed by atoms with E-state index in [0.717, 1.165) is 5.56 Å². The molecule has 0 radical (unpaired) electrons. The van der Waals surface area contributed by atoms with Crippen molar-refractivity contribution in [2.45, 2.75) is 33.2 Å². The minimum absolute atomic E-state index is 0.0617. The monoisotopic (exact) mass is 294 g/mol. The molecule has 0 bridgehead atoms. The van der Waals surface area contributed by atoms with Gasteiger partial charge in [0.1, 0.15) is 0 Å². The van der Waals surface area contributed by atoms with Crippen LogP contribution in [0.5, 0.6) is 11.5 Å². The summed E-state index contributed by atoms with van der Waals surface area (Å²) in [5.41, 5.74) is 1.01. The highest BCUT2D eigenvalue weighted by atomic mass is 16.5. The summed E-state index contributed by atoms with van der Waals surface area (Å²) in [6.45, 7) is 7.47. The SMILES string of the molecule is COc1cc(C(C)NCCC(=O)NCC(C)C)ccc1O. The zero-order valence-corrected chi connectivity index (χ0v) is 13.3. The van der Waals surface area contributed by atoms with E-state index in [-0.39, 0.29) is 17.7 Å². The fourth-order valence-corrected chi connectivity index (χ4v) is 1.89. The molecule has 0 saturated carbocycles. The Hall–Kier alpha value is -1.75. The summed E-state index contributed by atoms with van der Waals surface area (Å²) in [6, 6.07) is 5.33. The number of nitrogens with one attached hydrogen (secondary N) is 2. The molecule has 1 aromatic carbocycles. The van der Waals surface area contributed by atoms with Crippen LogP contribution >= 0.6 is 0 Å². The Morgan fingerprint density at radius 3 is 2.67 bits per heavy atom. The van der Waals surface area contributed by atoms with E-state index in [1.807, 2.05) is 13.0 Å². The highest BCUT2D eigenvalue weighted by molar-refractivity contribution is 5.76. The van der Waals surface area contributed by atoms with E-state index < -0.39 is 0 Å². The smallest absolute Gasteiger partial charge is 0.221 e. The first kappa shape index (κ1) is 17.3. The van der Waals surface area contributed by atoms with Crippen LogP contribution in [0, 0.1) is 5.92 Å². The molecule has 1 atom stereocenters. The van der Waals surface area contributed by atoms with E-state index in [9.17, 15) is 9.90 Å². The van der Waals surface area contributed by atoms with Crippen molar-refractivity contribution in [1.29, 1.82) is 0 Å². The Bertz CT molecular complexity index is 461. The Morgan fingerprint density at radius 2 is 2.05 bits per heavy atom. The van der Waals surface area contributed by atoms with Crippen LogP contribution in [0.15, 0.2) is 18.2 Å². The molecule has 1 aromatic rings. The van der Waals surface area contributed by atoms with Gasteiger partial charge in [0.05, 0.1) is 7.11 Å². The van der Waals surface area contributed by atoms with Gasteiger partial charge in [-0.3, -0.25) is 4.79 Å². The lowest BCUT2D eigenvalue weighted by atomic mass is 10.1. The van der Waals surface area contributed by atoms with Gasteiger partial charge >= 0.3 is 0 Å². The van der Waals surface area contributed by atoms with Crippen LogP contribution in [0.3, 0.4) is 0 Å². The lowest BCUT2D eigenvalue weighted by molar-refractivity contribution is -0.121. The third-order valence-corrected chi connectivity index (χ3v) is 3.21. The van der Waals surface area contributed by atoms with E-state index in [1.54, 1.807) is 12.1 Å². The number of aromatic hydroxyl groups is 1. The highest BCUT2D eigenvalue weighted by Crippen LogP contribution is 2.28. The van der Waals surface area contributed by atoms with Gasteiger partial charge < -0.3 is 20.5 Å². The molecule has 1 unspecified atom stereocenters. The molecule has 21 heavy (non-hydrogen) atoms. The second-order valence-electron chi connectivity index (χ2n) is 5.56. The van der Waals surface area contributed by atoms with Crippen LogP contribution < -0.4 is 15.4 Å². The first-order valence-electron chi connectivity index (χ1n) is 7.31. The zero-order valence-electron chi connectivity index (χ0n) is 13.3. The molecule has 5 heteroatoms. The standard InChI is InChI=1S/C16H26N2O3/c1-11(2)10-18-16(20)7-8-17-12(3)13-5-6-14(19)15(9-13)21-4/h5-6,9,11-12,17,19H,7-8,10H2,1-4H3,(H,18,20). The molecule has 0 aliphatic heterocycles. The summed E-state index contributed by atoms with van der Waals surface area (Å²) in [6.07, 6.45) is 0.451. The minimum Gasteiger partial charge on any atom is -0.504 e. The van der Waals surface area contributed by atoms with Crippen LogP contribution in [0.25, 0.3) is 0 Å². The Kier molecular flexibility index (Phi) is 7.02. The molecule has 0 spiro atoms. The second kappa shape index (κ2) is 8.52. The summed E-state index contributed by atoms with van der Waals surface area (Å²) >= 11 is 0. The lowest BCUT2D eigenvalue weighted by Gasteiger charge is -2.16. The number of phenolic OH excluding ortho intramolecular Hbond substituents is 1. The topological polar surface area (TPSA) is 70.6 Å². The number of hydrogen-bond donors (Lipinski definition) is 3. The summed E-state index contributed by atoms with van der Waals surface area (Å²) in [5, 5.41) is 15.8. The maximum absolute atomic E-state index is 11.6. The number of carbonyl (C=O) groups excluding carboxylic acids is 1. The van der Waals surface area contributed by atoms with E-state index in [0.29, 0.717) is 31.2 Å². The van der Waals surface area contributed by atoms with Gasteiger partial charge in [-0.1, -0.05) is 19.9 Å². The zero-order chi connectivity index (χ0) is 15.8. The summed E-state index contributed by atoms with van der Waals surface area (Å²) in [5.74, 6) is 1.11. The number of amides is 1. The van der Waals surface area contributed by atoms with Gasteiger partial charge in [-0.15, -0.1) is 0 Å². The van der Waals surface area contributed by atoms with Crippen molar-refractivity contribution in [3.05, 3.63) is 23.8 Å². The lowest BCUT2D eigenvalue weighted by Crippen LogP contribution is -2.31. The van der Waals surface area contributed by atoms with Gasteiger partial charge in [0.15, 0.2) is 11.5 Å². The summed E-state index contributed by atoms with van der Waals surface area (Å²) < 4.78 is 5.09. The van der Waals surface area contributed by atoms with E-state index in [1.165, 1.54) is 7.11 Å². The van der Waals surface area contributed by atoms with Crippen molar-refractivity contribution in [3.63, 3.8) is 0 Å². The van der Waals surface area contributed by atoms with Crippen LogP contribution in [0.1, 0.15) is 38.8 Å². The minimum atomic E-state index is 0.0617. The first-order valence-corrected chi connectivity index (χ1v) is 7.31. The number of carbonyl (C=O) groups is 1. The van der Waals surface area contributed by atoms with Gasteiger partial charge in [0.25, 0.3) is 0 Å². The van der Waals surface area contributed by atoms with E-state index in [2.05, 4.69) is 24.5 Å². The largest absolute Gasteiger partial charge is 0.504 e. The Morgan fingerprint density at radius 1 is 1.33 bits per heavy atom. The third-order valence-electron chi connectivity index (χ3n) is 3.21. The number of methoxy groups -OCH3 is 1. The average molecular weight is 294 g/mol. The maximum Gasteiger partial charge on any atom is 0.221 e. The van der Waals surface area contributed by atoms with Gasteiger partial charge in [0.2, 0.25) is 5.91 Å². The van der Waals surface area contributed by atoms with E-state index >= 15 is 0 Å². The van der Waals surface area contributed by atoms with Crippen molar-refractivity contribution < 1.29 is 14.6 Å². The first-order chi connectivity index (χ1) is 9.93. The van der Waals surface area contributed by atoms with E-state index in [4.69, 9.17) is 4.74 Å². The number of hydrogen-bond acceptors (Lipinski definition) is 4. The van der Waals surface area contributed by atoms with Gasteiger partial charge in [-0.25, -0.2) is 0 Å². The average Bonchev–Trinajstić information content (AvgIpc) is 2.45. The van der Waals surface area contributed by atoms with Gasteiger partial charge in [-0.2, -0.15) is 0 Å². The van der Waals surface area contributed by atoms with Crippen molar-refractivity contribution >= 4 is 5.91 Å². The number of rotatable bonds is 8. The molecule has 0 aliphatic carbocycles. The predicted molar refractivity (Wildman–Crippen MR) is 83.5 cm³/mol. The second-order valence-corrected chi connectivity index (χ2v) is 5.56. The fourth-order valence-electron chi connectivity index (χ4n) is 1.89. The molecule has 0 saturated heterocycles. The molecule has 1 amide bonds. The number of ether oxygens (including phenoxy) is 1. The quantitative estimate of drug-likeness (QED) is 0.687. The molecule has 0 aliphatic rings. The maximum atomic E-state index is 11.6. The van der Waals surface area contributed by atoms with Gasteiger partial charge in [0, 0.05) is 25.6 Å². The Labute approximate surface area is 126 Å². The van der Waals surface area contributed by atoms with Crippen molar-refractivity contribution in [2.24, 2.45) is 5.92 Å². The normalized spacial score (nSPS) is 12.2. The molecular formula is C16H26N2O3. The molecule has 0 heterocycles. The molecule has 3 N–H and O–H groups in total. The molecular weight excluding hydrogens is 268 g/mol. The van der Waals surface area contributed by atoms with Crippen molar-refractivity contribution in [2.75, 3.05) is 20.2 Å². The molecule has 5 nitrogen and oxygen atoms in total. The molecule has 118 valence electrons. The number of phenols is 1. The third kappa shape index (κ3) is 6.04. The molecule has 0 fully saturated rings. The number of benzene rings is 1. The molecule has 0 aromatic heterocycles. The van der Waals surface area contributed by atoms with Crippen LogP contribution in [0.2, 0.25) is 0 Å². The van der Waals surface area contributed by atoms with Crippen molar-refractivity contribution in [1.82, 2.24) is 10.6 Å². The van der Waals surface area contributed by atoms with Crippen LogP contribution in [0.4, 0.5) is 0 Å². The fraction of sp³-hybridized carbons (Fsp3) is 0.562. The Balaban J connectivity index is 2.40. The summed E-state index contributed by atoms with van der Waals surface area (Å²) in [7, 11) is 1.52. The van der Waals surface area contributed by atoms with Crippen LogP contribution in [-0.2, 0) is 4.79 Å². The predicted octanol–water partition coefficient (Wildman–Crippen LogP) is 2.21. The summed E-state index contributed by atoms with van der Waals surface area (Å²) in [4.78, 5) is 11.6. The van der Waals surface area contributed by atoms with Gasteiger partial charge in [-0.05, 0) is 30.5 Å². The highest BCUT2D eigenvalue weighted by Gasteiger charge is 2.09. The van der Waals surface area contributed by atoms with Crippen LogP contribution in [-0.4, -0.2) is 31.2 Å².